The Kier molecular flexibility index (Phi) is 8.15. The van der Waals surface area contributed by atoms with Gasteiger partial charge in [0.2, 0.25) is 10.0 Å². The molecule has 33 heavy (non-hydrogen) atoms. The number of hydrogen-bond donors (Lipinski definition) is 1. The minimum Gasteiger partial charge on any atom is -0.483 e. The Morgan fingerprint density at radius 2 is 1.76 bits per heavy atom. The molecule has 1 aliphatic heterocycles. The Morgan fingerprint density at radius 3 is 2.39 bits per heavy atom. The SMILES string of the molecule is Cc1ccc(OCC(=O)NCCc2ccc(S(=O)(=O)N3CCOCC3)cc2)c(C(C)(C)C)c1. The van der Waals surface area contributed by atoms with E-state index in [4.69, 9.17) is 9.47 Å². The van der Waals surface area contributed by atoms with Crippen LogP contribution in [0.5, 0.6) is 5.75 Å². The number of ether oxygens (including phenoxy) is 2. The highest BCUT2D eigenvalue weighted by Gasteiger charge is 2.26. The van der Waals surface area contributed by atoms with Crippen molar-refractivity contribution in [3.63, 3.8) is 0 Å². The summed E-state index contributed by atoms with van der Waals surface area (Å²) in [6.07, 6.45) is 0.599. The average molecular weight is 475 g/mol. The van der Waals surface area contributed by atoms with Crippen molar-refractivity contribution < 1.29 is 22.7 Å². The summed E-state index contributed by atoms with van der Waals surface area (Å²) in [5.41, 5.74) is 3.09. The highest BCUT2D eigenvalue weighted by Crippen LogP contribution is 2.32. The van der Waals surface area contributed by atoms with E-state index < -0.39 is 10.0 Å². The molecule has 0 aromatic heterocycles. The highest BCUT2D eigenvalue weighted by atomic mass is 32.2. The average Bonchev–Trinajstić information content (AvgIpc) is 2.78. The smallest absolute Gasteiger partial charge is 0.257 e. The third kappa shape index (κ3) is 6.79. The Balaban J connectivity index is 1.48. The normalized spacial score (nSPS) is 15.3. The lowest BCUT2D eigenvalue weighted by Gasteiger charge is -2.26. The van der Waals surface area contributed by atoms with E-state index in [0.717, 1.165) is 22.4 Å². The number of morpholine rings is 1. The molecule has 1 N–H and O–H groups in total. The van der Waals surface area contributed by atoms with Crippen LogP contribution < -0.4 is 10.1 Å². The number of hydrogen-bond acceptors (Lipinski definition) is 5. The fourth-order valence-electron chi connectivity index (χ4n) is 3.66. The maximum absolute atomic E-state index is 12.7. The Bertz CT molecular complexity index is 1050. The van der Waals surface area contributed by atoms with Crippen molar-refractivity contribution >= 4 is 15.9 Å². The summed E-state index contributed by atoms with van der Waals surface area (Å²) in [4.78, 5) is 12.5. The van der Waals surface area contributed by atoms with Gasteiger partial charge in [0.15, 0.2) is 6.61 Å². The number of carbonyl (C=O) groups excluding carboxylic acids is 1. The van der Waals surface area contributed by atoms with Crippen molar-refractivity contribution in [2.75, 3.05) is 39.5 Å². The van der Waals surface area contributed by atoms with Crippen LogP contribution >= 0.6 is 0 Å². The first-order valence-corrected chi connectivity index (χ1v) is 12.7. The maximum Gasteiger partial charge on any atom is 0.257 e. The number of benzene rings is 2. The number of nitrogens with zero attached hydrogens (tertiary/aromatic N) is 1. The van der Waals surface area contributed by atoms with E-state index in [1.54, 1.807) is 24.3 Å². The topological polar surface area (TPSA) is 84.9 Å². The van der Waals surface area contributed by atoms with Gasteiger partial charge in [-0.25, -0.2) is 8.42 Å². The summed E-state index contributed by atoms with van der Waals surface area (Å²) < 4.78 is 37.9. The van der Waals surface area contributed by atoms with Crippen LogP contribution in [0.4, 0.5) is 0 Å². The molecule has 0 spiro atoms. The van der Waals surface area contributed by atoms with Crippen molar-refractivity contribution in [1.29, 1.82) is 0 Å². The second-order valence-corrected chi connectivity index (χ2v) is 11.2. The summed E-state index contributed by atoms with van der Waals surface area (Å²) in [7, 11) is -3.50. The monoisotopic (exact) mass is 474 g/mol. The zero-order chi connectivity index (χ0) is 24.1. The summed E-state index contributed by atoms with van der Waals surface area (Å²) >= 11 is 0. The number of amides is 1. The number of carbonyl (C=O) groups is 1. The van der Waals surface area contributed by atoms with E-state index in [1.165, 1.54) is 4.31 Å². The lowest BCUT2D eigenvalue weighted by Crippen LogP contribution is -2.40. The van der Waals surface area contributed by atoms with E-state index >= 15 is 0 Å². The minimum absolute atomic E-state index is 0.0527. The second kappa shape index (κ2) is 10.7. The number of nitrogens with one attached hydrogen (secondary N) is 1. The molecule has 0 saturated carbocycles. The molecule has 8 heteroatoms. The van der Waals surface area contributed by atoms with E-state index in [0.29, 0.717) is 39.3 Å². The van der Waals surface area contributed by atoms with Crippen LogP contribution in [0.3, 0.4) is 0 Å². The largest absolute Gasteiger partial charge is 0.483 e. The van der Waals surface area contributed by atoms with Crippen molar-refractivity contribution in [3.05, 3.63) is 59.2 Å². The van der Waals surface area contributed by atoms with Crippen LogP contribution in [0.1, 0.15) is 37.5 Å². The van der Waals surface area contributed by atoms with Gasteiger partial charge < -0.3 is 14.8 Å². The van der Waals surface area contributed by atoms with Crippen molar-refractivity contribution in [2.24, 2.45) is 0 Å². The fourth-order valence-corrected chi connectivity index (χ4v) is 5.07. The molecule has 0 radical (unpaired) electrons. The molecule has 1 heterocycles. The summed E-state index contributed by atoms with van der Waals surface area (Å²) in [5.74, 6) is 0.530. The molecule has 180 valence electrons. The molecular formula is C25H34N2O5S. The lowest BCUT2D eigenvalue weighted by molar-refractivity contribution is -0.123. The molecule has 0 atom stereocenters. The molecule has 1 fully saturated rings. The van der Waals surface area contributed by atoms with Gasteiger partial charge in [0.1, 0.15) is 5.75 Å². The predicted octanol–water partition coefficient (Wildman–Crippen LogP) is 3.05. The third-order valence-electron chi connectivity index (χ3n) is 5.57. The summed E-state index contributed by atoms with van der Waals surface area (Å²) in [6, 6.07) is 12.8. The maximum atomic E-state index is 12.7. The number of aryl methyl sites for hydroxylation is 1. The molecular weight excluding hydrogens is 440 g/mol. The van der Waals surface area contributed by atoms with Crippen molar-refractivity contribution in [3.8, 4) is 5.75 Å². The predicted molar refractivity (Wildman–Crippen MR) is 128 cm³/mol. The van der Waals surface area contributed by atoms with Gasteiger partial charge in [0.25, 0.3) is 5.91 Å². The summed E-state index contributed by atoms with van der Waals surface area (Å²) in [5, 5.41) is 2.86. The van der Waals surface area contributed by atoms with Crippen LogP contribution in [0.2, 0.25) is 0 Å². The fraction of sp³-hybridized carbons (Fsp3) is 0.480. The van der Waals surface area contributed by atoms with Gasteiger partial charge in [-0.3, -0.25) is 4.79 Å². The van der Waals surface area contributed by atoms with Gasteiger partial charge in [-0.2, -0.15) is 4.31 Å². The molecule has 2 aromatic carbocycles. The number of rotatable bonds is 8. The molecule has 1 amide bonds. The molecule has 0 unspecified atom stereocenters. The Labute approximate surface area is 197 Å². The molecule has 0 aliphatic carbocycles. The lowest BCUT2D eigenvalue weighted by atomic mass is 9.85. The van der Waals surface area contributed by atoms with Gasteiger partial charge in [0, 0.05) is 19.6 Å². The first kappa shape index (κ1) is 25.2. The molecule has 7 nitrogen and oxygen atoms in total. The van der Waals surface area contributed by atoms with Gasteiger partial charge in [-0.15, -0.1) is 0 Å². The van der Waals surface area contributed by atoms with Crippen LogP contribution in [-0.4, -0.2) is 58.1 Å². The first-order chi connectivity index (χ1) is 15.6. The highest BCUT2D eigenvalue weighted by molar-refractivity contribution is 7.89. The summed E-state index contributed by atoms with van der Waals surface area (Å²) in [6.45, 7) is 10.4. The van der Waals surface area contributed by atoms with Crippen molar-refractivity contribution in [1.82, 2.24) is 9.62 Å². The van der Waals surface area contributed by atoms with Gasteiger partial charge in [0.05, 0.1) is 18.1 Å². The van der Waals surface area contributed by atoms with Gasteiger partial charge in [-0.05, 0) is 48.1 Å². The second-order valence-electron chi connectivity index (χ2n) is 9.30. The van der Waals surface area contributed by atoms with Crippen LogP contribution in [0, 0.1) is 6.92 Å². The molecule has 3 rings (SSSR count). The van der Waals surface area contributed by atoms with Gasteiger partial charge >= 0.3 is 0 Å². The van der Waals surface area contributed by atoms with E-state index in [2.05, 4.69) is 32.2 Å². The standard InChI is InChI=1S/C25H34N2O5S/c1-19-5-10-23(22(17-19)25(2,3)4)32-18-24(28)26-12-11-20-6-8-21(9-7-20)33(29,30)27-13-15-31-16-14-27/h5-10,17H,11-16,18H2,1-4H3,(H,26,28). The quantitative estimate of drug-likeness (QED) is 0.636. The van der Waals surface area contributed by atoms with E-state index in [9.17, 15) is 13.2 Å². The van der Waals surface area contributed by atoms with E-state index in [1.807, 2.05) is 19.1 Å². The third-order valence-corrected chi connectivity index (χ3v) is 7.48. The van der Waals surface area contributed by atoms with Crippen molar-refractivity contribution in [2.45, 2.75) is 44.4 Å². The van der Waals surface area contributed by atoms with Crippen LogP contribution in [0.25, 0.3) is 0 Å². The zero-order valence-electron chi connectivity index (χ0n) is 19.9. The van der Waals surface area contributed by atoms with Crippen LogP contribution in [0.15, 0.2) is 47.4 Å². The molecule has 1 saturated heterocycles. The van der Waals surface area contributed by atoms with E-state index in [-0.39, 0.29) is 22.8 Å². The molecule has 0 bridgehead atoms. The zero-order valence-corrected chi connectivity index (χ0v) is 20.7. The van der Waals surface area contributed by atoms with Crippen LogP contribution in [-0.2, 0) is 31.4 Å². The van der Waals surface area contributed by atoms with Gasteiger partial charge in [-0.1, -0.05) is 50.6 Å². The number of sulfonamides is 1. The minimum atomic E-state index is -3.50. The Morgan fingerprint density at radius 1 is 1.09 bits per heavy atom. The molecule has 2 aromatic rings. The first-order valence-electron chi connectivity index (χ1n) is 11.2. The molecule has 1 aliphatic rings. The Hall–Kier alpha value is -2.42.